The smallest absolute Gasteiger partial charge is 0.191 e. The summed E-state index contributed by atoms with van der Waals surface area (Å²) >= 11 is 0. The van der Waals surface area contributed by atoms with Crippen molar-refractivity contribution in [3.63, 3.8) is 0 Å². The van der Waals surface area contributed by atoms with Gasteiger partial charge in [0.05, 0.1) is 6.54 Å². The molecule has 2 rings (SSSR count). The van der Waals surface area contributed by atoms with Crippen LogP contribution in [0.4, 0.5) is 4.39 Å². The lowest BCUT2D eigenvalue weighted by Crippen LogP contribution is -2.38. The summed E-state index contributed by atoms with van der Waals surface area (Å²) in [7, 11) is 0. The van der Waals surface area contributed by atoms with E-state index >= 15 is 0 Å². The number of hydrogen-bond acceptors (Lipinski definition) is 2. The SMILES string of the molecule is CCNC(=NCc1ccc(C)c(F)c1)NCCCCN1CCCC1. The first-order chi connectivity index (χ1) is 11.7. The Kier molecular flexibility index (Phi) is 8.02. The molecule has 0 aromatic heterocycles. The molecule has 0 bridgehead atoms. The molecule has 1 aliphatic heterocycles. The summed E-state index contributed by atoms with van der Waals surface area (Å²) in [5.41, 5.74) is 1.56. The monoisotopic (exact) mass is 334 g/mol. The number of benzene rings is 1. The summed E-state index contributed by atoms with van der Waals surface area (Å²) in [5.74, 6) is 0.641. The van der Waals surface area contributed by atoms with E-state index in [1.807, 2.05) is 6.07 Å². The van der Waals surface area contributed by atoms with Gasteiger partial charge in [0, 0.05) is 13.1 Å². The first-order valence-corrected chi connectivity index (χ1v) is 9.18. The summed E-state index contributed by atoms with van der Waals surface area (Å²) < 4.78 is 13.6. The molecule has 0 radical (unpaired) electrons. The molecule has 5 heteroatoms. The fourth-order valence-corrected chi connectivity index (χ4v) is 2.92. The molecule has 0 unspecified atom stereocenters. The Morgan fingerprint density at radius 3 is 2.71 bits per heavy atom. The quantitative estimate of drug-likeness (QED) is 0.436. The van der Waals surface area contributed by atoms with E-state index in [1.165, 1.54) is 38.9 Å². The van der Waals surface area contributed by atoms with Crippen molar-refractivity contribution in [3.05, 3.63) is 35.1 Å². The van der Waals surface area contributed by atoms with E-state index in [-0.39, 0.29) is 5.82 Å². The summed E-state index contributed by atoms with van der Waals surface area (Å²) in [6.45, 7) is 9.80. The van der Waals surface area contributed by atoms with E-state index in [9.17, 15) is 4.39 Å². The first kappa shape index (κ1) is 18.7. The first-order valence-electron chi connectivity index (χ1n) is 9.18. The van der Waals surface area contributed by atoms with Crippen molar-refractivity contribution in [3.8, 4) is 0 Å². The van der Waals surface area contributed by atoms with Crippen molar-refractivity contribution < 1.29 is 4.39 Å². The number of unbranched alkanes of at least 4 members (excludes halogenated alkanes) is 1. The van der Waals surface area contributed by atoms with Gasteiger partial charge >= 0.3 is 0 Å². The molecule has 0 aliphatic carbocycles. The molecule has 134 valence electrons. The predicted octanol–water partition coefficient (Wildman–Crippen LogP) is 3.07. The van der Waals surface area contributed by atoms with Gasteiger partial charge in [-0.15, -0.1) is 0 Å². The van der Waals surface area contributed by atoms with Crippen LogP contribution in [0.2, 0.25) is 0 Å². The number of guanidine groups is 1. The number of nitrogens with zero attached hydrogens (tertiary/aromatic N) is 2. The Morgan fingerprint density at radius 2 is 2.00 bits per heavy atom. The largest absolute Gasteiger partial charge is 0.357 e. The molecule has 0 amide bonds. The topological polar surface area (TPSA) is 39.7 Å². The van der Waals surface area contributed by atoms with Crippen molar-refractivity contribution >= 4 is 5.96 Å². The molecule has 0 spiro atoms. The molecule has 4 nitrogen and oxygen atoms in total. The number of hydrogen-bond donors (Lipinski definition) is 2. The van der Waals surface area contributed by atoms with Crippen LogP contribution in [-0.4, -0.2) is 43.6 Å². The number of aryl methyl sites for hydroxylation is 1. The van der Waals surface area contributed by atoms with Gasteiger partial charge in [-0.2, -0.15) is 0 Å². The van der Waals surface area contributed by atoms with Crippen LogP contribution in [-0.2, 0) is 6.54 Å². The molecule has 0 saturated carbocycles. The van der Waals surface area contributed by atoms with Gasteiger partial charge in [0.15, 0.2) is 5.96 Å². The molecule has 1 heterocycles. The number of rotatable bonds is 8. The maximum Gasteiger partial charge on any atom is 0.191 e. The second kappa shape index (κ2) is 10.3. The molecule has 1 aromatic rings. The minimum atomic E-state index is -0.164. The summed E-state index contributed by atoms with van der Waals surface area (Å²) in [4.78, 5) is 7.09. The van der Waals surface area contributed by atoms with E-state index in [0.29, 0.717) is 12.1 Å². The van der Waals surface area contributed by atoms with Crippen LogP contribution < -0.4 is 10.6 Å². The third-order valence-corrected chi connectivity index (χ3v) is 4.39. The standard InChI is InChI=1S/C19H31FN4/c1-3-21-19(22-10-4-5-11-24-12-6-7-13-24)23-15-17-9-8-16(2)18(20)14-17/h8-9,14H,3-7,10-13,15H2,1-2H3,(H2,21,22,23). The fourth-order valence-electron chi connectivity index (χ4n) is 2.92. The van der Waals surface area contributed by atoms with E-state index in [2.05, 4.69) is 27.4 Å². The maximum absolute atomic E-state index is 13.6. The second-order valence-electron chi connectivity index (χ2n) is 6.46. The van der Waals surface area contributed by atoms with Gasteiger partial charge in [-0.25, -0.2) is 9.38 Å². The Morgan fingerprint density at radius 1 is 1.21 bits per heavy atom. The fraction of sp³-hybridized carbons (Fsp3) is 0.632. The van der Waals surface area contributed by atoms with E-state index in [4.69, 9.17) is 0 Å². The van der Waals surface area contributed by atoms with Crippen molar-refractivity contribution in [2.24, 2.45) is 4.99 Å². The Balaban J connectivity index is 1.72. The lowest BCUT2D eigenvalue weighted by atomic mass is 10.1. The molecule has 0 atom stereocenters. The molecule has 1 saturated heterocycles. The molecule has 1 aliphatic rings. The highest BCUT2D eigenvalue weighted by atomic mass is 19.1. The second-order valence-corrected chi connectivity index (χ2v) is 6.46. The summed E-state index contributed by atoms with van der Waals surface area (Å²) in [6, 6.07) is 5.30. The van der Waals surface area contributed by atoms with E-state index < -0.39 is 0 Å². The van der Waals surface area contributed by atoms with Crippen molar-refractivity contribution in [2.75, 3.05) is 32.7 Å². The van der Waals surface area contributed by atoms with Crippen LogP contribution in [0.1, 0.15) is 43.7 Å². The number of aliphatic imine (C=N–C) groups is 1. The molecule has 1 fully saturated rings. The van der Waals surface area contributed by atoms with Gasteiger partial charge in [0.25, 0.3) is 0 Å². The van der Waals surface area contributed by atoms with Crippen LogP contribution in [0.15, 0.2) is 23.2 Å². The molecular formula is C19H31FN4. The number of halogens is 1. The Hall–Kier alpha value is -1.62. The summed E-state index contributed by atoms with van der Waals surface area (Å²) in [5, 5.41) is 6.61. The molecule has 1 aromatic carbocycles. The minimum absolute atomic E-state index is 0.164. The highest BCUT2D eigenvalue weighted by Crippen LogP contribution is 2.10. The number of likely N-dealkylation sites (tertiary alicyclic amines) is 1. The zero-order valence-corrected chi connectivity index (χ0v) is 15.1. The van der Waals surface area contributed by atoms with Crippen molar-refractivity contribution in [1.29, 1.82) is 0 Å². The van der Waals surface area contributed by atoms with Gasteiger partial charge < -0.3 is 15.5 Å². The van der Waals surface area contributed by atoms with Crippen LogP contribution in [0.25, 0.3) is 0 Å². The molecule has 2 N–H and O–H groups in total. The van der Waals surface area contributed by atoms with E-state index in [0.717, 1.165) is 31.0 Å². The Bertz CT molecular complexity index is 524. The highest BCUT2D eigenvalue weighted by Gasteiger charge is 2.10. The van der Waals surface area contributed by atoms with Crippen LogP contribution >= 0.6 is 0 Å². The van der Waals surface area contributed by atoms with Gasteiger partial charge in [-0.05, 0) is 76.4 Å². The van der Waals surface area contributed by atoms with Crippen molar-refractivity contribution in [1.82, 2.24) is 15.5 Å². The predicted molar refractivity (Wildman–Crippen MR) is 98.9 cm³/mol. The van der Waals surface area contributed by atoms with Gasteiger partial charge in [0.1, 0.15) is 5.82 Å². The van der Waals surface area contributed by atoms with Gasteiger partial charge in [-0.3, -0.25) is 0 Å². The van der Waals surface area contributed by atoms with Crippen LogP contribution in [0.5, 0.6) is 0 Å². The third kappa shape index (κ3) is 6.48. The molecular weight excluding hydrogens is 303 g/mol. The molecule has 24 heavy (non-hydrogen) atoms. The zero-order chi connectivity index (χ0) is 17.2. The maximum atomic E-state index is 13.6. The van der Waals surface area contributed by atoms with Crippen LogP contribution in [0.3, 0.4) is 0 Å². The van der Waals surface area contributed by atoms with Gasteiger partial charge in [-0.1, -0.05) is 12.1 Å². The summed E-state index contributed by atoms with van der Waals surface area (Å²) in [6.07, 6.45) is 5.07. The van der Waals surface area contributed by atoms with E-state index in [1.54, 1.807) is 19.1 Å². The third-order valence-electron chi connectivity index (χ3n) is 4.39. The Labute approximate surface area is 145 Å². The number of nitrogens with one attached hydrogen (secondary N) is 2. The normalized spacial score (nSPS) is 15.7. The van der Waals surface area contributed by atoms with Gasteiger partial charge in [0.2, 0.25) is 0 Å². The highest BCUT2D eigenvalue weighted by molar-refractivity contribution is 5.79. The average molecular weight is 334 g/mol. The van der Waals surface area contributed by atoms with Crippen molar-refractivity contribution in [2.45, 2.75) is 46.1 Å². The lowest BCUT2D eigenvalue weighted by molar-refractivity contribution is 0.330. The van der Waals surface area contributed by atoms with Crippen LogP contribution in [0, 0.1) is 12.7 Å². The minimum Gasteiger partial charge on any atom is -0.357 e. The average Bonchev–Trinajstić information content (AvgIpc) is 3.08. The zero-order valence-electron chi connectivity index (χ0n) is 15.1. The lowest BCUT2D eigenvalue weighted by Gasteiger charge is -2.15.